The van der Waals surface area contributed by atoms with Crippen LogP contribution in [0, 0.1) is 10.1 Å². The molecule has 3 heterocycles. The topological polar surface area (TPSA) is 97.6 Å². The molecule has 1 spiro atoms. The molecule has 0 aliphatic carbocycles. The van der Waals surface area contributed by atoms with Crippen LogP contribution in [0.2, 0.25) is 0 Å². The van der Waals surface area contributed by atoms with Gasteiger partial charge in [0, 0.05) is 49.3 Å². The minimum atomic E-state index is -1.63. The SMILES string of the molecule is COc1ccc(N2CCN(CN3C(=O)C4(OCC(C)([N+](=O)[O-])CO4)c4ccccc43)CC2)cc1. The number of rotatable bonds is 5. The molecule has 3 aliphatic heterocycles. The maximum absolute atomic E-state index is 13.6. The first kappa shape index (κ1) is 22.6. The van der Waals surface area contributed by atoms with E-state index >= 15 is 0 Å². The average molecular weight is 469 g/mol. The Bertz CT molecular complexity index is 1080. The second-order valence-electron chi connectivity index (χ2n) is 9.14. The van der Waals surface area contributed by atoms with Gasteiger partial charge < -0.3 is 19.1 Å². The number of hydrogen-bond donors (Lipinski definition) is 0. The zero-order valence-electron chi connectivity index (χ0n) is 19.3. The molecule has 180 valence electrons. The standard InChI is InChI=1S/C24H28N4O6/c1-23(28(30)31)15-33-24(34-16-23)20-5-3-4-6-21(20)27(22(24)29)17-25-11-13-26(14-12-25)18-7-9-19(32-2)10-8-18/h3-10H,11-17H2,1-2H3. The normalized spacial score (nSPS) is 27.2. The molecule has 3 aliphatic rings. The quantitative estimate of drug-likeness (QED) is 0.486. The van der Waals surface area contributed by atoms with Gasteiger partial charge in [-0.3, -0.25) is 24.7 Å². The highest BCUT2D eigenvalue weighted by Crippen LogP contribution is 2.46. The lowest BCUT2D eigenvalue weighted by Crippen LogP contribution is -2.58. The van der Waals surface area contributed by atoms with E-state index in [1.165, 1.54) is 6.92 Å². The number of anilines is 2. The molecule has 0 atom stereocenters. The van der Waals surface area contributed by atoms with Crippen molar-refractivity contribution < 1.29 is 23.9 Å². The van der Waals surface area contributed by atoms with Crippen LogP contribution in [-0.2, 0) is 20.1 Å². The van der Waals surface area contributed by atoms with E-state index in [4.69, 9.17) is 14.2 Å². The summed E-state index contributed by atoms with van der Waals surface area (Å²) in [4.78, 5) is 30.8. The molecule has 0 bridgehead atoms. The van der Waals surface area contributed by atoms with Crippen LogP contribution in [0.3, 0.4) is 0 Å². The zero-order chi connectivity index (χ0) is 23.9. The summed E-state index contributed by atoms with van der Waals surface area (Å²) in [5.74, 6) is -1.14. The second-order valence-corrected chi connectivity index (χ2v) is 9.14. The van der Waals surface area contributed by atoms with Crippen LogP contribution in [0.4, 0.5) is 11.4 Å². The molecule has 0 saturated carbocycles. The number of amides is 1. The van der Waals surface area contributed by atoms with Gasteiger partial charge in [0.15, 0.2) is 0 Å². The average Bonchev–Trinajstić information content (AvgIpc) is 3.09. The summed E-state index contributed by atoms with van der Waals surface area (Å²) >= 11 is 0. The zero-order valence-corrected chi connectivity index (χ0v) is 19.3. The Kier molecular flexibility index (Phi) is 5.67. The number of piperazine rings is 1. The van der Waals surface area contributed by atoms with Crippen LogP contribution in [0.5, 0.6) is 5.75 Å². The minimum absolute atomic E-state index is 0.200. The number of hydrogen-bond acceptors (Lipinski definition) is 8. The molecule has 0 N–H and O–H groups in total. The van der Waals surface area contributed by atoms with Crippen LogP contribution >= 0.6 is 0 Å². The number of carbonyl (C=O) groups is 1. The molecule has 10 nitrogen and oxygen atoms in total. The summed E-state index contributed by atoms with van der Waals surface area (Å²) in [7, 11) is 1.65. The molecule has 2 saturated heterocycles. The van der Waals surface area contributed by atoms with Crippen LogP contribution < -0.4 is 14.5 Å². The van der Waals surface area contributed by atoms with Gasteiger partial charge in [-0.15, -0.1) is 0 Å². The van der Waals surface area contributed by atoms with Crippen molar-refractivity contribution in [1.29, 1.82) is 0 Å². The molecular formula is C24H28N4O6. The van der Waals surface area contributed by atoms with E-state index in [0.29, 0.717) is 12.2 Å². The fraction of sp³-hybridized carbons (Fsp3) is 0.458. The Morgan fingerprint density at radius 3 is 2.29 bits per heavy atom. The first-order valence-corrected chi connectivity index (χ1v) is 11.3. The molecule has 5 rings (SSSR count). The van der Waals surface area contributed by atoms with Crippen molar-refractivity contribution in [2.24, 2.45) is 0 Å². The number of fused-ring (bicyclic) bond motifs is 2. The Morgan fingerprint density at radius 2 is 1.68 bits per heavy atom. The van der Waals surface area contributed by atoms with Gasteiger partial charge in [0.25, 0.3) is 17.2 Å². The van der Waals surface area contributed by atoms with E-state index in [2.05, 4.69) is 21.9 Å². The van der Waals surface area contributed by atoms with Crippen molar-refractivity contribution in [2.75, 3.05) is 63.0 Å². The summed E-state index contributed by atoms with van der Waals surface area (Å²) in [6.45, 7) is 4.68. The Morgan fingerprint density at radius 1 is 1.03 bits per heavy atom. The summed E-state index contributed by atoms with van der Waals surface area (Å²) < 4.78 is 17.0. The van der Waals surface area contributed by atoms with Crippen molar-refractivity contribution in [3.05, 3.63) is 64.2 Å². The lowest BCUT2D eigenvalue weighted by Gasteiger charge is -2.39. The molecular weight excluding hydrogens is 440 g/mol. The van der Waals surface area contributed by atoms with Crippen molar-refractivity contribution in [3.8, 4) is 5.75 Å². The molecule has 10 heteroatoms. The highest BCUT2D eigenvalue weighted by atomic mass is 16.7. The van der Waals surface area contributed by atoms with E-state index in [9.17, 15) is 14.9 Å². The molecule has 0 aromatic heterocycles. The number of benzene rings is 2. The molecule has 34 heavy (non-hydrogen) atoms. The molecule has 2 fully saturated rings. The number of para-hydroxylation sites is 1. The fourth-order valence-electron chi connectivity index (χ4n) is 4.65. The fourth-order valence-corrected chi connectivity index (χ4v) is 4.65. The van der Waals surface area contributed by atoms with E-state index < -0.39 is 16.2 Å². The Labute approximate surface area is 197 Å². The number of carbonyl (C=O) groups excluding carboxylic acids is 1. The molecule has 2 aromatic carbocycles. The van der Waals surface area contributed by atoms with Crippen LogP contribution in [0.25, 0.3) is 0 Å². The van der Waals surface area contributed by atoms with E-state index in [1.807, 2.05) is 30.3 Å². The maximum atomic E-state index is 13.6. The van der Waals surface area contributed by atoms with Crippen molar-refractivity contribution in [1.82, 2.24) is 4.90 Å². The third kappa shape index (κ3) is 3.67. The second kappa shape index (κ2) is 8.53. The van der Waals surface area contributed by atoms with Gasteiger partial charge in [-0.25, -0.2) is 0 Å². The van der Waals surface area contributed by atoms with Crippen molar-refractivity contribution in [2.45, 2.75) is 18.2 Å². The van der Waals surface area contributed by atoms with Gasteiger partial charge in [0.05, 0.1) is 19.5 Å². The Balaban J connectivity index is 1.29. The summed E-state index contributed by atoms with van der Waals surface area (Å²) in [6.07, 6.45) is 0. The highest BCUT2D eigenvalue weighted by Gasteiger charge is 2.60. The molecule has 0 unspecified atom stereocenters. The van der Waals surface area contributed by atoms with Crippen molar-refractivity contribution in [3.63, 3.8) is 0 Å². The van der Waals surface area contributed by atoms with Gasteiger partial charge in [-0.05, 0) is 30.3 Å². The van der Waals surface area contributed by atoms with Crippen molar-refractivity contribution >= 4 is 17.3 Å². The van der Waals surface area contributed by atoms with Crippen LogP contribution in [-0.4, -0.2) is 74.4 Å². The minimum Gasteiger partial charge on any atom is -0.497 e. The van der Waals surface area contributed by atoms with Gasteiger partial charge in [-0.2, -0.15) is 0 Å². The predicted molar refractivity (Wildman–Crippen MR) is 125 cm³/mol. The predicted octanol–water partition coefficient (Wildman–Crippen LogP) is 2.06. The number of nitrogens with zero attached hydrogens (tertiary/aromatic N) is 4. The smallest absolute Gasteiger partial charge is 0.293 e. The number of nitro groups is 1. The first-order valence-electron chi connectivity index (χ1n) is 11.3. The van der Waals surface area contributed by atoms with Crippen LogP contribution in [0.15, 0.2) is 48.5 Å². The molecule has 0 radical (unpaired) electrons. The highest BCUT2D eigenvalue weighted by molar-refractivity contribution is 6.06. The first-order chi connectivity index (χ1) is 16.4. The third-order valence-corrected chi connectivity index (χ3v) is 6.84. The van der Waals surface area contributed by atoms with E-state index in [0.717, 1.165) is 43.3 Å². The van der Waals surface area contributed by atoms with Crippen LogP contribution in [0.1, 0.15) is 12.5 Å². The monoisotopic (exact) mass is 468 g/mol. The number of ether oxygens (including phenoxy) is 3. The van der Waals surface area contributed by atoms with Gasteiger partial charge in [-0.1, -0.05) is 18.2 Å². The lowest BCUT2D eigenvalue weighted by atomic mass is 10.0. The van der Waals surface area contributed by atoms with Gasteiger partial charge in [0.2, 0.25) is 0 Å². The summed E-state index contributed by atoms with van der Waals surface area (Å²) in [5.41, 5.74) is 1.07. The molecule has 2 aromatic rings. The van der Waals surface area contributed by atoms with E-state index in [-0.39, 0.29) is 19.1 Å². The van der Waals surface area contributed by atoms with Gasteiger partial charge in [0.1, 0.15) is 19.0 Å². The third-order valence-electron chi connectivity index (χ3n) is 6.84. The summed E-state index contributed by atoms with van der Waals surface area (Å²) in [6, 6.07) is 15.4. The molecule has 1 amide bonds. The maximum Gasteiger partial charge on any atom is 0.293 e. The number of methoxy groups -OCH3 is 1. The lowest BCUT2D eigenvalue weighted by molar-refractivity contribution is -0.590. The largest absolute Gasteiger partial charge is 0.497 e. The van der Waals surface area contributed by atoms with E-state index in [1.54, 1.807) is 18.1 Å². The Hall–Kier alpha value is -3.21. The van der Waals surface area contributed by atoms with Gasteiger partial charge >= 0.3 is 0 Å². The summed E-state index contributed by atoms with van der Waals surface area (Å²) in [5, 5.41) is 11.4.